The zero-order valence-electron chi connectivity index (χ0n) is 10.4. The molecule has 0 fully saturated rings. The van der Waals surface area contributed by atoms with Gasteiger partial charge in [-0.3, -0.25) is 0 Å². The lowest BCUT2D eigenvalue weighted by atomic mass is 10.2. The fraction of sp³-hybridized carbons (Fsp3) is 0.500. The quantitative estimate of drug-likeness (QED) is 0.709. The molecule has 0 spiro atoms. The molecule has 0 radical (unpaired) electrons. The van der Waals surface area contributed by atoms with E-state index >= 15 is 0 Å². The van der Waals surface area contributed by atoms with Gasteiger partial charge in [0.15, 0.2) is 0 Å². The molecule has 18 heavy (non-hydrogen) atoms. The number of sulfonamides is 1. The van der Waals surface area contributed by atoms with Gasteiger partial charge in [0.2, 0.25) is 10.0 Å². The molecule has 0 aliphatic carbocycles. The first-order valence-electron chi connectivity index (χ1n) is 5.72. The van der Waals surface area contributed by atoms with E-state index < -0.39 is 10.0 Å². The zero-order valence-corrected chi connectivity index (χ0v) is 12.1. The van der Waals surface area contributed by atoms with Crippen LogP contribution in [0, 0.1) is 0 Å². The van der Waals surface area contributed by atoms with Crippen molar-refractivity contribution < 1.29 is 13.5 Å². The van der Waals surface area contributed by atoms with Crippen molar-refractivity contribution in [2.45, 2.75) is 18.8 Å². The normalized spacial score (nSPS) is 11.7. The molecular formula is C12H19NO3S2. The predicted octanol–water partition coefficient (Wildman–Crippen LogP) is 1.35. The van der Waals surface area contributed by atoms with Gasteiger partial charge in [-0.05, 0) is 29.6 Å². The van der Waals surface area contributed by atoms with Gasteiger partial charge in [-0.25, -0.2) is 13.1 Å². The van der Waals surface area contributed by atoms with Gasteiger partial charge in [0, 0.05) is 6.54 Å². The molecule has 2 N–H and O–H groups in total. The van der Waals surface area contributed by atoms with E-state index in [0.717, 1.165) is 23.3 Å². The van der Waals surface area contributed by atoms with Gasteiger partial charge in [0.1, 0.15) is 0 Å². The lowest BCUT2D eigenvalue weighted by Crippen LogP contribution is -2.26. The van der Waals surface area contributed by atoms with Crippen LogP contribution in [-0.4, -0.2) is 32.1 Å². The molecule has 0 saturated heterocycles. The highest BCUT2D eigenvalue weighted by Gasteiger charge is 2.10. The molecule has 0 amide bonds. The second-order valence-corrected chi connectivity index (χ2v) is 6.77. The maximum absolute atomic E-state index is 11.8. The molecular weight excluding hydrogens is 270 g/mol. The summed E-state index contributed by atoms with van der Waals surface area (Å²) in [5, 5.41) is 8.90. The van der Waals surface area contributed by atoms with E-state index in [1.807, 2.05) is 6.26 Å². The van der Waals surface area contributed by atoms with Gasteiger partial charge >= 0.3 is 0 Å². The SMILES string of the molecule is CSCCCNS(=O)(=O)Cc1ccc(CO)cc1. The standard InChI is InChI=1S/C12H19NO3S2/c1-17-8-2-7-13-18(15,16)10-12-5-3-11(9-14)4-6-12/h3-6,13-14H,2,7-10H2,1H3. The van der Waals surface area contributed by atoms with E-state index in [4.69, 9.17) is 5.11 Å². The monoisotopic (exact) mass is 289 g/mol. The van der Waals surface area contributed by atoms with Gasteiger partial charge in [0.25, 0.3) is 0 Å². The first kappa shape index (κ1) is 15.5. The van der Waals surface area contributed by atoms with Crippen molar-refractivity contribution in [2.24, 2.45) is 0 Å². The largest absolute Gasteiger partial charge is 0.392 e. The summed E-state index contributed by atoms with van der Waals surface area (Å²) >= 11 is 1.70. The molecule has 1 rings (SSSR count). The minimum atomic E-state index is -3.26. The number of hydrogen-bond acceptors (Lipinski definition) is 4. The number of benzene rings is 1. The van der Waals surface area contributed by atoms with E-state index in [0.29, 0.717) is 6.54 Å². The highest BCUT2D eigenvalue weighted by atomic mass is 32.2. The van der Waals surface area contributed by atoms with Crippen LogP contribution < -0.4 is 4.72 Å². The lowest BCUT2D eigenvalue weighted by molar-refractivity contribution is 0.282. The van der Waals surface area contributed by atoms with Crippen LogP contribution >= 0.6 is 11.8 Å². The molecule has 0 aliphatic heterocycles. The summed E-state index contributed by atoms with van der Waals surface area (Å²) in [4.78, 5) is 0. The Labute approximate surface area is 113 Å². The van der Waals surface area contributed by atoms with Gasteiger partial charge in [-0.2, -0.15) is 11.8 Å². The molecule has 0 heterocycles. The van der Waals surface area contributed by atoms with Crippen LogP contribution in [0.5, 0.6) is 0 Å². The Morgan fingerprint density at radius 3 is 2.39 bits per heavy atom. The summed E-state index contributed by atoms with van der Waals surface area (Å²) in [5.74, 6) is 0.936. The van der Waals surface area contributed by atoms with Crippen molar-refractivity contribution in [3.8, 4) is 0 Å². The van der Waals surface area contributed by atoms with Crippen molar-refractivity contribution >= 4 is 21.8 Å². The van der Waals surface area contributed by atoms with Gasteiger partial charge < -0.3 is 5.11 Å². The molecule has 1 aromatic carbocycles. The summed E-state index contributed by atoms with van der Waals surface area (Å²) in [6, 6.07) is 6.93. The maximum atomic E-state index is 11.8. The summed E-state index contributed by atoms with van der Waals surface area (Å²) in [7, 11) is -3.26. The number of aliphatic hydroxyl groups excluding tert-OH is 1. The Morgan fingerprint density at radius 1 is 1.22 bits per heavy atom. The minimum absolute atomic E-state index is 0.0159. The fourth-order valence-corrected chi connectivity index (χ4v) is 3.08. The molecule has 0 saturated carbocycles. The third kappa shape index (κ3) is 5.86. The zero-order chi connectivity index (χ0) is 13.4. The highest BCUT2D eigenvalue weighted by molar-refractivity contribution is 7.98. The van der Waals surface area contributed by atoms with Crippen molar-refractivity contribution in [1.29, 1.82) is 0 Å². The van der Waals surface area contributed by atoms with E-state index in [2.05, 4.69) is 4.72 Å². The molecule has 0 aliphatic rings. The fourth-order valence-electron chi connectivity index (χ4n) is 1.46. The summed E-state index contributed by atoms with van der Waals surface area (Å²) in [6.07, 6.45) is 2.83. The molecule has 4 nitrogen and oxygen atoms in total. The van der Waals surface area contributed by atoms with Crippen molar-refractivity contribution in [1.82, 2.24) is 4.72 Å². The first-order chi connectivity index (χ1) is 8.57. The number of nitrogens with one attached hydrogen (secondary N) is 1. The molecule has 0 unspecified atom stereocenters. The van der Waals surface area contributed by atoms with Crippen molar-refractivity contribution in [3.05, 3.63) is 35.4 Å². The van der Waals surface area contributed by atoms with Crippen LogP contribution in [0.15, 0.2) is 24.3 Å². The van der Waals surface area contributed by atoms with Gasteiger partial charge in [0.05, 0.1) is 12.4 Å². The number of aliphatic hydroxyl groups is 1. The second-order valence-electron chi connectivity index (χ2n) is 3.97. The van der Waals surface area contributed by atoms with E-state index in [1.54, 1.807) is 36.0 Å². The second kappa shape index (κ2) is 7.78. The molecule has 0 atom stereocenters. The van der Waals surface area contributed by atoms with Crippen LogP contribution in [0.2, 0.25) is 0 Å². The Kier molecular flexibility index (Phi) is 6.70. The molecule has 0 aromatic heterocycles. The summed E-state index contributed by atoms with van der Waals surface area (Å²) in [5.41, 5.74) is 1.51. The molecule has 0 bridgehead atoms. The van der Waals surface area contributed by atoms with E-state index in [1.165, 1.54) is 0 Å². The Hall–Kier alpha value is -0.560. The third-order valence-corrected chi connectivity index (χ3v) is 4.46. The maximum Gasteiger partial charge on any atom is 0.215 e. The van der Waals surface area contributed by atoms with Crippen molar-refractivity contribution in [3.63, 3.8) is 0 Å². The Bertz CT molecular complexity index is 443. The highest BCUT2D eigenvalue weighted by Crippen LogP contribution is 2.08. The molecule has 102 valence electrons. The van der Waals surface area contributed by atoms with Gasteiger partial charge in [-0.1, -0.05) is 24.3 Å². The number of hydrogen-bond donors (Lipinski definition) is 2. The Balaban J connectivity index is 2.48. The van der Waals surface area contributed by atoms with Crippen LogP contribution in [0.1, 0.15) is 17.5 Å². The number of thioether (sulfide) groups is 1. The Morgan fingerprint density at radius 2 is 1.83 bits per heavy atom. The van der Waals surface area contributed by atoms with E-state index in [-0.39, 0.29) is 12.4 Å². The summed E-state index contributed by atoms with van der Waals surface area (Å²) in [6.45, 7) is 0.456. The topological polar surface area (TPSA) is 66.4 Å². The molecule has 6 heteroatoms. The van der Waals surface area contributed by atoms with Crippen LogP contribution in [-0.2, 0) is 22.4 Å². The average molecular weight is 289 g/mol. The smallest absolute Gasteiger partial charge is 0.215 e. The summed E-state index contributed by atoms with van der Waals surface area (Å²) < 4.78 is 26.1. The van der Waals surface area contributed by atoms with E-state index in [9.17, 15) is 8.42 Å². The molecule has 1 aromatic rings. The van der Waals surface area contributed by atoms with Crippen LogP contribution in [0.25, 0.3) is 0 Å². The lowest BCUT2D eigenvalue weighted by Gasteiger charge is -2.07. The van der Waals surface area contributed by atoms with Crippen LogP contribution in [0.4, 0.5) is 0 Å². The predicted molar refractivity (Wildman–Crippen MR) is 76.0 cm³/mol. The minimum Gasteiger partial charge on any atom is -0.392 e. The number of rotatable bonds is 8. The van der Waals surface area contributed by atoms with Crippen molar-refractivity contribution in [2.75, 3.05) is 18.6 Å². The average Bonchev–Trinajstić information content (AvgIpc) is 2.35. The third-order valence-electron chi connectivity index (χ3n) is 2.41. The first-order valence-corrected chi connectivity index (χ1v) is 8.77. The van der Waals surface area contributed by atoms with Crippen LogP contribution in [0.3, 0.4) is 0 Å². The van der Waals surface area contributed by atoms with Gasteiger partial charge in [-0.15, -0.1) is 0 Å².